The SMILES string of the molecule is CCCCCCCc1ccc(-c2ccc(C3CCC(CCC)CC3)nc2)cc1.CCCCCCc1ccc(-c2ccc(C3CCC(CCC)CC3)nc2)cc1.CCCCCc1ccc(-c2ccc(C3CCC(CCC)CC3)nc2)cc1. The minimum atomic E-state index is 0.678. The number of hydrogen-bond acceptors (Lipinski definition) is 3. The topological polar surface area (TPSA) is 38.7 Å². The third-order valence-corrected chi connectivity index (χ3v) is 19.1. The first kappa shape index (κ1) is 63.7. The van der Waals surface area contributed by atoms with Crippen LogP contribution in [0.2, 0.25) is 0 Å². The molecule has 0 amide bonds. The highest BCUT2D eigenvalue weighted by molar-refractivity contribution is 5.64. The zero-order valence-electron chi connectivity index (χ0n) is 52.3. The van der Waals surface area contributed by atoms with E-state index < -0.39 is 0 Å². The summed E-state index contributed by atoms with van der Waals surface area (Å²) >= 11 is 0. The number of aryl methyl sites for hydroxylation is 3. The number of nitrogens with zero attached hydrogens (tertiary/aromatic N) is 3. The molecule has 0 radical (unpaired) electrons. The van der Waals surface area contributed by atoms with Crippen molar-refractivity contribution in [3.8, 4) is 33.4 Å². The molecule has 3 fully saturated rings. The van der Waals surface area contributed by atoms with E-state index in [4.69, 9.17) is 15.0 Å². The van der Waals surface area contributed by atoms with Crippen molar-refractivity contribution >= 4 is 0 Å². The van der Waals surface area contributed by atoms with Crippen LogP contribution in [0.5, 0.6) is 0 Å². The third-order valence-electron chi connectivity index (χ3n) is 19.1. The lowest BCUT2D eigenvalue weighted by Gasteiger charge is -2.28. The Hall–Kier alpha value is -4.89. The fourth-order valence-corrected chi connectivity index (χ4v) is 13.8. The van der Waals surface area contributed by atoms with Crippen LogP contribution in [-0.4, -0.2) is 15.0 Å². The first-order chi connectivity index (χ1) is 39.9. The molecule has 0 atom stereocenters. The van der Waals surface area contributed by atoms with Gasteiger partial charge in [0.25, 0.3) is 0 Å². The standard InChI is InChI=1S/C27H39N.C26H37N.C25H35N/c1-3-5-6-7-8-10-23-11-15-24(16-12-23)26-19-20-27(28-21-26)25-17-13-22(9-4-2)14-18-25;1-3-5-6-7-9-22-10-14-23(15-11-22)25-18-19-26(27-20-25)24-16-12-21(8-4-2)13-17-24;1-3-5-6-8-21-9-13-22(14-10-21)24-17-18-25(26-19-24)23-15-11-20(7-4-2)12-16-23/h11-12,15-16,19-22,25H,3-10,13-14,17-18H2,1-2H3;10-11,14-15,18-21,24H,3-9,12-13,16-17H2,1-2H3;9-10,13-14,17-20,23H,3-8,11-12,15-16H2,1-2H3. The van der Waals surface area contributed by atoms with Crippen LogP contribution < -0.4 is 0 Å². The van der Waals surface area contributed by atoms with Gasteiger partial charge in [0.15, 0.2) is 0 Å². The van der Waals surface area contributed by atoms with Crippen LogP contribution in [0.1, 0.15) is 286 Å². The van der Waals surface area contributed by atoms with Crippen LogP contribution in [0, 0.1) is 17.8 Å². The van der Waals surface area contributed by atoms with Gasteiger partial charge in [0.05, 0.1) is 0 Å². The van der Waals surface area contributed by atoms with E-state index in [-0.39, 0.29) is 0 Å². The largest absolute Gasteiger partial charge is 0.260 e. The molecule has 0 N–H and O–H groups in total. The van der Waals surface area contributed by atoms with Crippen molar-refractivity contribution in [2.45, 2.75) is 271 Å². The number of unbranched alkanes of at least 4 members (excludes halogenated alkanes) is 9. The van der Waals surface area contributed by atoms with Crippen molar-refractivity contribution < 1.29 is 0 Å². The van der Waals surface area contributed by atoms with E-state index in [2.05, 4.69) is 169 Å². The van der Waals surface area contributed by atoms with Crippen molar-refractivity contribution in [2.24, 2.45) is 17.8 Å². The van der Waals surface area contributed by atoms with Gasteiger partial charge in [-0.25, -0.2) is 0 Å². The van der Waals surface area contributed by atoms with Gasteiger partial charge in [0.1, 0.15) is 0 Å². The zero-order chi connectivity index (χ0) is 56.7. The number of rotatable bonds is 27. The molecule has 3 aliphatic rings. The lowest BCUT2D eigenvalue weighted by atomic mass is 9.78. The van der Waals surface area contributed by atoms with Gasteiger partial charge >= 0.3 is 0 Å². The highest BCUT2D eigenvalue weighted by Crippen LogP contribution is 2.40. The molecule has 9 rings (SSSR count). The van der Waals surface area contributed by atoms with Crippen LogP contribution in [0.4, 0.5) is 0 Å². The van der Waals surface area contributed by atoms with Crippen molar-refractivity contribution in [3.63, 3.8) is 0 Å². The number of aromatic nitrogens is 3. The molecule has 3 heteroatoms. The zero-order valence-corrected chi connectivity index (χ0v) is 52.3. The van der Waals surface area contributed by atoms with Gasteiger partial charge in [0.2, 0.25) is 0 Å². The molecule has 0 aliphatic heterocycles. The molecule has 3 aromatic heterocycles. The number of hydrogen-bond donors (Lipinski definition) is 0. The molecule has 3 aromatic carbocycles. The fraction of sp³-hybridized carbons (Fsp3) is 0.577. The van der Waals surface area contributed by atoms with E-state index >= 15 is 0 Å². The fourth-order valence-electron chi connectivity index (χ4n) is 13.8. The normalized spacial score (nSPS) is 19.9. The molecule has 0 bridgehead atoms. The minimum Gasteiger partial charge on any atom is -0.260 e. The summed E-state index contributed by atoms with van der Waals surface area (Å²) in [5.74, 6) is 4.93. The first-order valence-corrected chi connectivity index (χ1v) is 34.1. The van der Waals surface area contributed by atoms with Gasteiger partial charge in [-0.05, 0) is 185 Å². The van der Waals surface area contributed by atoms with Crippen LogP contribution in [0.25, 0.3) is 33.4 Å². The van der Waals surface area contributed by atoms with E-state index in [9.17, 15) is 0 Å². The highest BCUT2D eigenvalue weighted by atomic mass is 14.7. The van der Waals surface area contributed by atoms with Gasteiger partial charge in [-0.2, -0.15) is 0 Å². The molecule has 3 heterocycles. The lowest BCUT2D eigenvalue weighted by molar-refractivity contribution is 0.305. The van der Waals surface area contributed by atoms with Gasteiger partial charge in [-0.1, -0.05) is 229 Å². The van der Waals surface area contributed by atoms with Crippen molar-refractivity contribution in [1.29, 1.82) is 0 Å². The summed E-state index contributed by atoms with van der Waals surface area (Å²) in [6.45, 7) is 13.7. The van der Waals surface area contributed by atoms with Gasteiger partial charge < -0.3 is 0 Å². The Kier molecular flexibility index (Phi) is 28.8. The molecule has 0 unspecified atom stereocenters. The van der Waals surface area contributed by atoms with Crippen LogP contribution in [0.15, 0.2) is 128 Å². The molecule has 3 nitrogen and oxygen atoms in total. The summed E-state index contributed by atoms with van der Waals surface area (Å²) in [6.07, 6.45) is 50.4. The predicted octanol–water partition coefficient (Wildman–Crippen LogP) is 23.8. The van der Waals surface area contributed by atoms with Gasteiger partial charge in [-0.3, -0.25) is 15.0 Å². The van der Waals surface area contributed by atoms with Crippen molar-refractivity contribution in [1.82, 2.24) is 15.0 Å². The van der Waals surface area contributed by atoms with Crippen molar-refractivity contribution in [2.75, 3.05) is 0 Å². The second-order valence-electron chi connectivity index (χ2n) is 25.5. The molecule has 0 saturated heterocycles. The molecular formula is C78H111N3. The second-order valence-corrected chi connectivity index (χ2v) is 25.5. The Morgan fingerprint density at radius 1 is 0.259 bits per heavy atom. The molecule has 0 spiro atoms. The Balaban J connectivity index is 0.000000175. The van der Waals surface area contributed by atoms with Crippen LogP contribution in [-0.2, 0) is 19.3 Å². The third kappa shape index (κ3) is 21.7. The molecule has 438 valence electrons. The molecular weight excluding hydrogens is 979 g/mol. The Morgan fingerprint density at radius 3 is 0.765 bits per heavy atom. The number of pyridine rings is 3. The monoisotopic (exact) mass is 1090 g/mol. The van der Waals surface area contributed by atoms with E-state index in [0.29, 0.717) is 17.8 Å². The summed E-state index contributed by atoms with van der Waals surface area (Å²) in [6, 6.07) is 41.0. The quantitative estimate of drug-likeness (QED) is 0.0483. The van der Waals surface area contributed by atoms with E-state index in [1.54, 1.807) is 0 Å². The van der Waals surface area contributed by atoms with Gasteiger partial charge in [-0.15, -0.1) is 0 Å². The van der Waals surface area contributed by atoms with Gasteiger partial charge in [0, 0.05) is 70.1 Å². The first-order valence-electron chi connectivity index (χ1n) is 34.1. The highest BCUT2D eigenvalue weighted by Gasteiger charge is 2.25. The second kappa shape index (κ2) is 36.6. The molecule has 3 aliphatic carbocycles. The van der Waals surface area contributed by atoms with E-state index in [1.165, 1.54) is 279 Å². The average Bonchev–Trinajstić information content (AvgIpc) is 3.56. The Morgan fingerprint density at radius 2 is 0.506 bits per heavy atom. The molecule has 6 aromatic rings. The molecule has 3 saturated carbocycles. The maximum absolute atomic E-state index is 4.85. The predicted molar refractivity (Wildman–Crippen MR) is 351 cm³/mol. The smallest absolute Gasteiger partial charge is 0.0434 e. The summed E-state index contributed by atoms with van der Waals surface area (Å²) < 4.78 is 0. The minimum absolute atomic E-state index is 0.678. The summed E-state index contributed by atoms with van der Waals surface area (Å²) in [7, 11) is 0. The number of benzene rings is 3. The summed E-state index contributed by atoms with van der Waals surface area (Å²) in [4.78, 5) is 14.5. The maximum Gasteiger partial charge on any atom is 0.0434 e. The van der Waals surface area contributed by atoms with Crippen LogP contribution in [0.3, 0.4) is 0 Å². The van der Waals surface area contributed by atoms with E-state index in [1.807, 2.05) is 0 Å². The van der Waals surface area contributed by atoms with Crippen LogP contribution >= 0.6 is 0 Å². The average molecular weight is 1090 g/mol. The summed E-state index contributed by atoms with van der Waals surface area (Å²) in [5.41, 5.74) is 15.9. The molecule has 81 heavy (non-hydrogen) atoms. The summed E-state index contributed by atoms with van der Waals surface area (Å²) in [5, 5.41) is 0. The van der Waals surface area contributed by atoms with E-state index in [0.717, 1.165) is 17.8 Å². The Bertz CT molecular complexity index is 2520. The lowest BCUT2D eigenvalue weighted by Crippen LogP contribution is -2.14. The Labute approximate surface area is 496 Å². The van der Waals surface area contributed by atoms with Crippen molar-refractivity contribution in [3.05, 3.63) is 162 Å². The maximum atomic E-state index is 4.85.